The molecule has 0 bridgehead atoms. The molecule has 3 rings (SSSR count). The third-order valence-electron chi connectivity index (χ3n) is 2.76. The molecule has 0 amide bonds. The van der Waals surface area contributed by atoms with Gasteiger partial charge < -0.3 is 4.98 Å². The Balaban J connectivity index is 2.06. The smallest absolute Gasteiger partial charge is 0.138 e. The van der Waals surface area contributed by atoms with Crippen LogP contribution in [-0.2, 0) is 0 Å². The fourth-order valence-corrected chi connectivity index (χ4v) is 2.80. The summed E-state index contributed by atoms with van der Waals surface area (Å²) in [5.41, 5.74) is 2.95. The molecule has 0 saturated carbocycles. The van der Waals surface area contributed by atoms with E-state index in [1.165, 1.54) is 4.90 Å². The predicted octanol–water partition coefficient (Wildman–Crippen LogP) is 4.39. The average molecular weight is 290 g/mol. The number of pyridine rings is 1. The van der Waals surface area contributed by atoms with Crippen LogP contribution in [0.3, 0.4) is 0 Å². The van der Waals surface area contributed by atoms with Gasteiger partial charge in [-0.25, -0.2) is 9.97 Å². The molecular formula is C14H12ClN3S. The van der Waals surface area contributed by atoms with Crippen molar-refractivity contribution in [2.45, 2.75) is 11.8 Å². The number of fused-ring (bicyclic) bond motifs is 1. The number of imidazole rings is 1. The number of aromatic amines is 1. The number of halogens is 1. The molecule has 5 heteroatoms. The largest absolute Gasteiger partial charge is 0.338 e. The number of hydrogen-bond acceptors (Lipinski definition) is 3. The lowest BCUT2D eigenvalue weighted by Crippen LogP contribution is -1.81. The summed E-state index contributed by atoms with van der Waals surface area (Å²) in [6, 6.07) is 9.96. The molecule has 0 radical (unpaired) electrons. The summed E-state index contributed by atoms with van der Waals surface area (Å²) in [5.74, 6) is 1.88. The molecule has 0 aliphatic rings. The number of benzene rings is 1. The van der Waals surface area contributed by atoms with Crippen molar-refractivity contribution in [3.8, 4) is 11.4 Å². The molecule has 0 aliphatic carbocycles. The van der Waals surface area contributed by atoms with Crippen LogP contribution in [0.25, 0.3) is 22.4 Å². The highest BCUT2D eigenvalue weighted by molar-refractivity contribution is 7.99. The Morgan fingerprint density at radius 2 is 2.16 bits per heavy atom. The Morgan fingerprint density at radius 1 is 1.26 bits per heavy atom. The van der Waals surface area contributed by atoms with Gasteiger partial charge in [-0.1, -0.05) is 18.5 Å². The maximum absolute atomic E-state index is 5.90. The SMILES string of the molecule is CCSc1ccc2nc(-c3ccnc(Cl)c3)[nH]c2c1. The van der Waals surface area contributed by atoms with Gasteiger partial charge in [0.05, 0.1) is 11.0 Å². The van der Waals surface area contributed by atoms with Gasteiger partial charge in [0.15, 0.2) is 0 Å². The van der Waals surface area contributed by atoms with E-state index < -0.39 is 0 Å². The fourth-order valence-electron chi connectivity index (χ4n) is 1.93. The minimum absolute atomic E-state index is 0.472. The molecule has 0 spiro atoms. The number of hydrogen-bond donors (Lipinski definition) is 1. The van der Waals surface area contributed by atoms with Crippen LogP contribution < -0.4 is 0 Å². The average Bonchev–Trinajstić information content (AvgIpc) is 2.82. The van der Waals surface area contributed by atoms with Gasteiger partial charge in [0.25, 0.3) is 0 Å². The predicted molar refractivity (Wildman–Crippen MR) is 80.7 cm³/mol. The summed E-state index contributed by atoms with van der Waals surface area (Å²) in [4.78, 5) is 13.1. The van der Waals surface area contributed by atoms with E-state index in [4.69, 9.17) is 11.6 Å². The van der Waals surface area contributed by atoms with Crippen molar-refractivity contribution in [2.24, 2.45) is 0 Å². The highest BCUT2D eigenvalue weighted by atomic mass is 35.5. The number of nitrogens with one attached hydrogen (secondary N) is 1. The molecule has 2 heterocycles. The first kappa shape index (κ1) is 12.5. The summed E-state index contributed by atoms with van der Waals surface area (Å²) < 4.78 is 0. The summed E-state index contributed by atoms with van der Waals surface area (Å²) in [6.45, 7) is 2.15. The number of H-pyrrole nitrogens is 1. The molecule has 0 aliphatic heterocycles. The van der Waals surface area contributed by atoms with Gasteiger partial charge >= 0.3 is 0 Å². The first-order valence-electron chi connectivity index (χ1n) is 6.01. The topological polar surface area (TPSA) is 41.6 Å². The minimum atomic E-state index is 0.472. The fraction of sp³-hybridized carbons (Fsp3) is 0.143. The van der Waals surface area contributed by atoms with Crippen molar-refractivity contribution >= 4 is 34.4 Å². The van der Waals surface area contributed by atoms with Crippen LogP contribution in [0.2, 0.25) is 5.15 Å². The molecule has 3 aromatic rings. The zero-order valence-corrected chi connectivity index (χ0v) is 11.9. The summed E-state index contributed by atoms with van der Waals surface area (Å²) in [7, 11) is 0. The highest BCUT2D eigenvalue weighted by Gasteiger charge is 2.06. The summed E-state index contributed by atoms with van der Waals surface area (Å²) in [6.07, 6.45) is 1.68. The van der Waals surface area contributed by atoms with Crippen molar-refractivity contribution in [2.75, 3.05) is 5.75 Å². The van der Waals surface area contributed by atoms with Crippen LogP contribution in [-0.4, -0.2) is 20.7 Å². The lowest BCUT2D eigenvalue weighted by molar-refractivity contribution is 1.28. The molecule has 0 atom stereocenters. The Labute approximate surface area is 120 Å². The number of aromatic nitrogens is 3. The first-order valence-corrected chi connectivity index (χ1v) is 7.37. The molecule has 0 saturated heterocycles. The van der Waals surface area contributed by atoms with Crippen molar-refractivity contribution in [1.82, 2.24) is 15.0 Å². The lowest BCUT2D eigenvalue weighted by Gasteiger charge is -1.96. The van der Waals surface area contributed by atoms with E-state index in [0.29, 0.717) is 5.15 Å². The Morgan fingerprint density at radius 3 is 2.95 bits per heavy atom. The van der Waals surface area contributed by atoms with Gasteiger partial charge in [0.1, 0.15) is 11.0 Å². The monoisotopic (exact) mass is 289 g/mol. The van der Waals surface area contributed by atoms with E-state index in [0.717, 1.165) is 28.2 Å². The van der Waals surface area contributed by atoms with E-state index in [1.807, 2.05) is 23.9 Å². The van der Waals surface area contributed by atoms with E-state index >= 15 is 0 Å². The van der Waals surface area contributed by atoms with Gasteiger partial charge in [-0.2, -0.15) is 0 Å². The van der Waals surface area contributed by atoms with Gasteiger partial charge in [-0.15, -0.1) is 11.8 Å². The molecular weight excluding hydrogens is 278 g/mol. The molecule has 1 aromatic carbocycles. The second kappa shape index (κ2) is 5.23. The van der Waals surface area contributed by atoms with E-state index in [-0.39, 0.29) is 0 Å². The number of nitrogens with zero attached hydrogens (tertiary/aromatic N) is 2. The quantitative estimate of drug-likeness (QED) is 0.574. The van der Waals surface area contributed by atoms with Gasteiger partial charge in [-0.3, -0.25) is 0 Å². The number of thioether (sulfide) groups is 1. The third kappa shape index (κ3) is 2.60. The van der Waals surface area contributed by atoms with Crippen LogP contribution in [0, 0.1) is 0 Å². The van der Waals surface area contributed by atoms with Crippen molar-refractivity contribution in [3.63, 3.8) is 0 Å². The Bertz CT molecular complexity index is 724. The van der Waals surface area contributed by atoms with E-state index in [9.17, 15) is 0 Å². The molecule has 3 nitrogen and oxygen atoms in total. The molecule has 2 aromatic heterocycles. The summed E-state index contributed by atoms with van der Waals surface area (Å²) in [5, 5.41) is 0.472. The standard InChI is InChI=1S/C14H12ClN3S/c1-2-19-10-3-4-11-12(8-10)18-14(17-11)9-5-6-16-13(15)7-9/h3-8H,2H2,1H3,(H,17,18). The minimum Gasteiger partial charge on any atom is -0.338 e. The maximum atomic E-state index is 5.90. The zero-order chi connectivity index (χ0) is 13.2. The third-order valence-corrected chi connectivity index (χ3v) is 3.85. The van der Waals surface area contributed by atoms with Crippen LogP contribution in [0.15, 0.2) is 41.4 Å². The van der Waals surface area contributed by atoms with Gasteiger partial charge in [-0.05, 0) is 36.1 Å². The highest BCUT2D eigenvalue weighted by Crippen LogP contribution is 2.25. The van der Waals surface area contributed by atoms with Crippen molar-refractivity contribution < 1.29 is 0 Å². The second-order valence-corrected chi connectivity index (χ2v) is 5.79. The molecule has 96 valence electrons. The maximum Gasteiger partial charge on any atom is 0.138 e. The van der Waals surface area contributed by atoms with Crippen LogP contribution >= 0.6 is 23.4 Å². The number of rotatable bonds is 3. The van der Waals surface area contributed by atoms with Crippen molar-refractivity contribution in [1.29, 1.82) is 0 Å². The summed E-state index contributed by atoms with van der Waals surface area (Å²) >= 11 is 7.72. The molecule has 0 fully saturated rings. The zero-order valence-electron chi connectivity index (χ0n) is 10.4. The van der Waals surface area contributed by atoms with E-state index in [2.05, 4.69) is 34.0 Å². The first-order chi connectivity index (χ1) is 9.26. The van der Waals surface area contributed by atoms with Crippen LogP contribution in [0.4, 0.5) is 0 Å². The van der Waals surface area contributed by atoms with Crippen LogP contribution in [0.1, 0.15) is 6.92 Å². The second-order valence-electron chi connectivity index (χ2n) is 4.06. The van der Waals surface area contributed by atoms with E-state index in [1.54, 1.807) is 12.3 Å². The Hall–Kier alpha value is -1.52. The molecule has 19 heavy (non-hydrogen) atoms. The van der Waals surface area contributed by atoms with Gasteiger partial charge in [0, 0.05) is 16.7 Å². The molecule has 0 unspecified atom stereocenters. The van der Waals surface area contributed by atoms with Gasteiger partial charge in [0.2, 0.25) is 0 Å². The molecule has 1 N–H and O–H groups in total. The lowest BCUT2D eigenvalue weighted by atomic mass is 10.2. The normalized spacial score (nSPS) is 11.1. The van der Waals surface area contributed by atoms with Crippen LogP contribution in [0.5, 0.6) is 0 Å². The van der Waals surface area contributed by atoms with Crippen molar-refractivity contribution in [3.05, 3.63) is 41.7 Å². The Kier molecular flexibility index (Phi) is 3.44.